The summed E-state index contributed by atoms with van der Waals surface area (Å²) >= 11 is 5.99. The first-order valence-corrected chi connectivity index (χ1v) is 8.47. The number of halogens is 1. The van der Waals surface area contributed by atoms with E-state index in [-0.39, 0.29) is 5.54 Å². The smallest absolute Gasteiger partial charge is 0.176 e. The molecule has 2 heterocycles. The van der Waals surface area contributed by atoms with Crippen molar-refractivity contribution >= 4 is 11.6 Å². The minimum atomic E-state index is -0.240. The van der Waals surface area contributed by atoms with E-state index in [0.29, 0.717) is 11.6 Å². The SMILES string of the molecule is Clc1ccc(-n2nnnc2C2(NCc3ccco3)CCCC2)cc1. The predicted octanol–water partition coefficient (Wildman–Crippen LogP) is 3.47. The second-order valence-electron chi connectivity index (χ2n) is 6.11. The van der Waals surface area contributed by atoms with E-state index in [1.165, 1.54) is 0 Å². The van der Waals surface area contributed by atoms with Crippen molar-refractivity contribution in [3.8, 4) is 5.69 Å². The Kier molecular flexibility index (Phi) is 4.08. The van der Waals surface area contributed by atoms with Crippen LogP contribution >= 0.6 is 11.6 Å². The van der Waals surface area contributed by atoms with Crippen LogP contribution in [0.4, 0.5) is 0 Å². The van der Waals surface area contributed by atoms with Gasteiger partial charge in [0.25, 0.3) is 0 Å². The molecule has 1 aliphatic carbocycles. The zero-order chi connectivity index (χ0) is 16.4. The first-order valence-electron chi connectivity index (χ1n) is 8.09. The lowest BCUT2D eigenvalue weighted by molar-refractivity contribution is 0.298. The summed E-state index contributed by atoms with van der Waals surface area (Å²) < 4.78 is 7.25. The highest BCUT2D eigenvalue weighted by Crippen LogP contribution is 2.38. The van der Waals surface area contributed by atoms with Crippen molar-refractivity contribution in [2.75, 3.05) is 0 Å². The molecule has 0 radical (unpaired) electrons. The third kappa shape index (κ3) is 2.83. The zero-order valence-electron chi connectivity index (χ0n) is 13.2. The van der Waals surface area contributed by atoms with Crippen molar-refractivity contribution in [1.29, 1.82) is 0 Å². The van der Waals surface area contributed by atoms with Gasteiger partial charge in [0.2, 0.25) is 0 Å². The largest absolute Gasteiger partial charge is 0.468 e. The Balaban J connectivity index is 1.67. The summed E-state index contributed by atoms with van der Waals surface area (Å²) in [5.74, 6) is 1.75. The molecule has 2 aromatic heterocycles. The average Bonchev–Trinajstić information content (AvgIpc) is 3.34. The molecule has 1 aliphatic rings. The topological polar surface area (TPSA) is 68.8 Å². The summed E-state index contributed by atoms with van der Waals surface area (Å²) in [5, 5.41) is 16.8. The molecule has 6 nitrogen and oxygen atoms in total. The van der Waals surface area contributed by atoms with Crippen LogP contribution in [0.2, 0.25) is 5.02 Å². The number of tetrazole rings is 1. The number of benzene rings is 1. The molecule has 1 saturated carbocycles. The van der Waals surface area contributed by atoms with Gasteiger partial charge < -0.3 is 4.42 Å². The Morgan fingerprint density at radius 2 is 1.96 bits per heavy atom. The van der Waals surface area contributed by atoms with Gasteiger partial charge in [-0.05, 0) is 59.7 Å². The second-order valence-corrected chi connectivity index (χ2v) is 6.55. The number of rotatable bonds is 5. The zero-order valence-corrected chi connectivity index (χ0v) is 13.9. The molecule has 0 atom stereocenters. The highest BCUT2D eigenvalue weighted by atomic mass is 35.5. The molecular formula is C17H18ClN5O. The molecule has 24 heavy (non-hydrogen) atoms. The van der Waals surface area contributed by atoms with E-state index in [2.05, 4.69) is 20.8 Å². The molecule has 0 aliphatic heterocycles. The molecule has 0 bridgehead atoms. The summed E-state index contributed by atoms with van der Waals surface area (Å²) in [6.45, 7) is 0.653. The first-order chi connectivity index (χ1) is 11.8. The third-order valence-corrected chi connectivity index (χ3v) is 4.86. The fourth-order valence-electron chi connectivity index (χ4n) is 3.37. The second kappa shape index (κ2) is 6.37. The molecule has 1 N–H and O–H groups in total. The number of hydrogen-bond acceptors (Lipinski definition) is 5. The molecule has 0 unspecified atom stereocenters. The maximum absolute atomic E-state index is 5.99. The summed E-state index contributed by atoms with van der Waals surface area (Å²) in [6, 6.07) is 11.4. The van der Waals surface area contributed by atoms with Crippen LogP contribution in [0.3, 0.4) is 0 Å². The standard InChI is InChI=1S/C17H18ClN5O/c18-13-5-7-14(8-6-13)23-16(20-21-22-23)17(9-1-2-10-17)19-12-15-4-3-11-24-15/h3-8,11,19H,1-2,9-10,12H2. The maximum atomic E-state index is 5.99. The van der Waals surface area contributed by atoms with Gasteiger partial charge in [-0.15, -0.1) is 5.10 Å². The normalized spacial score (nSPS) is 16.5. The molecule has 1 fully saturated rings. The van der Waals surface area contributed by atoms with E-state index < -0.39 is 0 Å². The summed E-state index contributed by atoms with van der Waals surface area (Å²) in [4.78, 5) is 0. The Labute approximate surface area is 144 Å². The summed E-state index contributed by atoms with van der Waals surface area (Å²) in [7, 11) is 0. The van der Waals surface area contributed by atoms with Gasteiger partial charge in [-0.1, -0.05) is 24.4 Å². The maximum Gasteiger partial charge on any atom is 0.176 e. The van der Waals surface area contributed by atoms with Crippen LogP contribution in [0.5, 0.6) is 0 Å². The predicted molar refractivity (Wildman–Crippen MR) is 89.9 cm³/mol. The molecule has 4 rings (SSSR count). The lowest BCUT2D eigenvalue weighted by Gasteiger charge is -2.28. The Morgan fingerprint density at radius 1 is 1.17 bits per heavy atom. The molecule has 0 saturated heterocycles. The quantitative estimate of drug-likeness (QED) is 0.768. The van der Waals surface area contributed by atoms with Gasteiger partial charge in [0.05, 0.1) is 24.0 Å². The van der Waals surface area contributed by atoms with Crippen LogP contribution in [0.15, 0.2) is 47.1 Å². The Bertz CT molecular complexity index is 791. The molecule has 7 heteroatoms. The molecular weight excluding hydrogens is 326 g/mol. The van der Waals surface area contributed by atoms with Crippen LogP contribution in [-0.4, -0.2) is 20.2 Å². The number of nitrogens with one attached hydrogen (secondary N) is 1. The van der Waals surface area contributed by atoms with Crippen molar-refractivity contribution in [1.82, 2.24) is 25.5 Å². The van der Waals surface area contributed by atoms with E-state index in [9.17, 15) is 0 Å². The average molecular weight is 344 g/mol. The van der Waals surface area contributed by atoms with Crippen molar-refractivity contribution in [2.24, 2.45) is 0 Å². The van der Waals surface area contributed by atoms with Crippen LogP contribution in [0.1, 0.15) is 37.3 Å². The minimum Gasteiger partial charge on any atom is -0.468 e. The van der Waals surface area contributed by atoms with Gasteiger partial charge in [-0.3, -0.25) is 5.32 Å². The lowest BCUT2D eigenvalue weighted by atomic mass is 9.96. The first kappa shape index (κ1) is 15.4. The van der Waals surface area contributed by atoms with Crippen molar-refractivity contribution in [2.45, 2.75) is 37.8 Å². The van der Waals surface area contributed by atoms with Crippen LogP contribution in [0, 0.1) is 0 Å². The van der Waals surface area contributed by atoms with Crippen molar-refractivity contribution in [3.63, 3.8) is 0 Å². The van der Waals surface area contributed by atoms with Crippen molar-refractivity contribution < 1.29 is 4.42 Å². The highest BCUT2D eigenvalue weighted by Gasteiger charge is 2.40. The number of furan rings is 1. The third-order valence-electron chi connectivity index (χ3n) is 4.61. The molecule has 3 aromatic rings. The lowest BCUT2D eigenvalue weighted by Crippen LogP contribution is -2.41. The van der Waals surface area contributed by atoms with E-state index in [4.69, 9.17) is 16.0 Å². The van der Waals surface area contributed by atoms with Crippen LogP contribution < -0.4 is 5.32 Å². The van der Waals surface area contributed by atoms with E-state index >= 15 is 0 Å². The van der Waals surface area contributed by atoms with Gasteiger partial charge in [0, 0.05) is 5.02 Å². The van der Waals surface area contributed by atoms with Gasteiger partial charge >= 0.3 is 0 Å². The molecule has 1 aromatic carbocycles. The summed E-state index contributed by atoms with van der Waals surface area (Å²) in [5.41, 5.74) is 0.668. The van der Waals surface area contributed by atoms with Gasteiger partial charge in [0.1, 0.15) is 5.76 Å². The van der Waals surface area contributed by atoms with E-state index in [0.717, 1.165) is 43.0 Å². The fraction of sp³-hybridized carbons (Fsp3) is 0.353. The van der Waals surface area contributed by atoms with Gasteiger partial charge in [-0.25, -0.2) is 0 Å². The Morgan fingerprint density at radius 3 is 2.67 bits per heavy atom. The van der Waals surface area contributed by atoms with Crippen molar-refractivity contribution in [3.05, 3.63) is 59.3 Å². The fourth-order valence-corrected chi connectivity index (χ4v) is 3.50. The molecule has 0 amide bonds. The summed E-state index contributed by atoms with van der Waals surface area (Å²) in [6.07, 6.45) is 6.00. The van der Waals surface area contributed by atoms with E-state index in [1.807, 2.05) is 36.4 Å². The molecule has 0 spiro atoms. The highest BCUT2D eigenvalue weighted by molar-refractivity contribution is 6.30. The number of aromatic nitrogens is 4. The van der Waals surface area contributed by atoms with E-state index in [1.54, 1.807) is 10.9 Å². The number of hydrogen-bond donors (Lipinski definition) is 1. The van der Waals surface area contributed by atoms with Crippen LogP contribution in [0.25, 0.3) is 5.69 Å². The monoisotopic (exact) mass is 343 g/mol. The van der Waals surface area contributed by atoms with Gasteiger partial charge in [0.15, 0.2) is 5.82 Å². The minimum absolute atomic E-state index is 0.240. The number of nitrogens with zero attached hydrogens (tertiary/aromatic N) is 4. The molecule has 124 valence electrons. The Hall–Kier alpha value is -2.18. The van der Waals surface area contributed by atoms with Gasteiger partial charge in [-0.2, -0.15) is 4.68 Å². The van der Waals surface area contributed by atoms with Crippen LogP contribution in [-0.2, 0) is 12.1 Å².